The lowest BCUT2D eigenvalue weighted by Gasteiger charge is -2.14. The van der Waals surface area contributed by atoms with Crippen LogP contribution in [0.15, 0.2) is 24.3 Å². The fourth-order valence-corrected chi connectivity index (χ4v) is 1.57. The van der Waals surface area contributed by atoms with Crippen LogP contribution in [0.4, 0.5) is 4.39 Å². The number of likely N-dealkylation sites (N-methyl/N-ethyl adjacent to an activating group) is 1. The molecule has 0 fully saturated rings. The third-order valence-corrected chi connectivity index (χ3v) is 2.45. The van der Waals surface area contributed by atoms with E-state index in [0.717, 1.165) is 31.5 Å². The highest BCUT2D eigenvalue weighted by molar-refractivity contribution is 5.17. The summed E-state index contributed by atoms with van der Waals surface area (Å²) < 4.78 is 13.2. The van der Waals surface area contributed by atoms with E-state index >= 15 is 0 Å². The van der Waals surface area contributed by atoms with Crippen LogP contribution < -0.4 is 5.73 Å². The average Bonchev–Trinajstić information content (AvgIpc) is 2.21. The Morgan fingerprint density at radius 3 is 2.67 bits per heavy atom. The first-order valence-electron chi connectivity index (χ1n) is 5.36. The molecule has 0 unspecified atom stereocenters. The molecular formula is C12H19FN2. The van der Waals surface area contributed by atoms with Crippen LogP contribution in [0.25, 0.3) is 0 Å². The standard InChI is InChI=1S/C12H19FN2/c1-15(10-8-14)9-4-6-11-5-2-3-7-12(11)13/h2-3,5,7H,4,6,8-10,14H2,1H3. The van der Waals surface area contributed by atoms with Crippen LogP contribution in [0.3, 0.4) is 0 Å². The van der Waals surface area contributed by atoms with Crippen molar-refractivity contribution >= 4 is 0 Å². The molecule has 2 N–H and O–H groups in total. The molecule has 0 saturated heterocycles. The number of hydrogen-bond acceptors (Lipinski definition) is 2. The van der Waals surface area contributed by atoms with Gasteiger partial charge in [-0.25, -0.2) is 4.39 Å². The van der Waals surface area contributed by atoms with Gasteiger partial charge in [-0.15, -0.1) is 0 Å². The molecule has 0 aromatic heterocycles. The van der Waals surface area contributed by atoms with E-state index in [9.17, 15) is 4.39 Å². The minimum atomic E-state index is -0.0982. The molecule has 0 heterocycles. The van der Waals surface area contributed by atoms with Crippen LogP contribution in [0.5, 0.6) is 0 Å². The molecule has 2 nitrogen and oxygen atoms in total. The minimum Gasteiger partial charge on any atom is -0.329 e. The van der Waals surface area contributed by atoms with Gasteiger partial charge in [0.1, 0.15) is 5.82 Å². The van der Waals surface area contributed by atoms with Crippen molar-refractivity contribution in [3.8, 4) is 0 Å². The predicted molar refractivity (Wildman–Crippen MR) is 61.3 cm³/mol. The lowest BCUT2D eigenvalue weighted by molar-refractivity contribution is 0.338. The van der Waals surface area contributed by atoms with Gasteiger partial charge < -0.3 is 10.6 Å². The number of halogens is 1. The SMILES string of the molecule is CN(CCN)CCCc1ccccc1F. The van der Waals surface area contributed by atoms with Crippen LogP contribution >= 0.6 is 0 Å². The second-order valence-corrected chi connectivity index (χ2v) is 3.79. The number of aryl methyl sites for hydroxylation is 1. The summed E-state index contributed by atoms with van der Waals surface area (Å²) >= 11 is 0. The highest BCUT2D eigenvalue weighted by atomic mass is 19.1. The Balaban J connectivity index is 2.29. The number of nitrogens with two attached hydrogens (primary N) is 1. The monoisotopic (exact) mass is 210 g/mol. The molecule has 1 rings (SSSR count). The van der Waals surface area contributed by atoms with Gasteiger partial charge >= 0.3 is 0 Å². The minimum absolute atomic E-state index is 0.0982. The quantitative estimate of drug-likeness (QED) is 0.773. The molecule has 0 saturated carbocycles. The van der Waals surface area contributed by atoms with Gasteiger partial charge in [0, 0.05) is 13.1 Å². The van der Waals surface area contributed by atoms with Crippen LogP contribution in [0.1, 0.15) is 12.0 Å². The fourth-order valence-electron chi connectivity index (χ4n) is 1.57. The highest BCUT2D eigenvalue weighted by Gasteiger charge is 2.01. The molecular weight excluding hydrogens is 191 g/mol. The third-order valence-electron chi connectivity index (χ3n) is 2.45. The Morgan fingerprint density at radius 1 is 1.27 bits per heavy atom. The largest absolute Gasteiger partial charge is 0.329 e. The molecule has 0 radical (unpaired) electrons. The summed E-state index contributed by atoms with van der Waals surface area (Å²) in [6.07, 6.45) is 1.76. The van der Waals surface area contributed by atoms with Crippen molar-refractivity contribution in [2.75, 3.05) is 26.7 Å². The molecule has 0 aliphatic heterocycles. The normalized spacial score (nSPS) is 10.9. The number of rotatable bonds is 6. The lowest BCUT2D eigenvalue weighted by atomic mass is 10.1. The van der Waals surface area contributed by atoms with Crippen LogP contribution in [0, 0.1) is 5.82 Å². The zero-order chi connectivity index (χ0) is 11.1. The lowest BCUT2D eigenvalue weighted by Crippen LogP contribution is -2.26. The van der Waals surface area contributed by atoms with E-state index in [4.69, 9.17) is 5.73 Å². The van der Waals surface area contributed by atoms with Crippen molar-refractivity contribution in [3.63, 3.8) is 0 Å². The van der Waals surface area contributed by atoms with Crippen molar-refractivity contribution in [2.24, 2.45) is 5.73 Å². The average molecular weight is 210 g/mol. The maximum absolute atomic E-state index is 13.2. The van der Waals surface area contributed by atoms with E-state index in [1.54, 1.807) is 6.07 Å². The van der Waals surface area contributed by atoms with E-state index in [1.807, 2.05) is 19.2 Å². The molecule has 84 valence electrons. The zero-order valence-electron chi connectivity index (χ0n) is 9.25. The second-order valence-electron chi connectivity index (χ2n) is 3.79. The summed E-state index contributed by atoms with van der Waals surface area (Å²) in [6, 6.07) is 6.96. The summed E-state index contributed by atoms with van der Waals surface area (Å²) in [5.74, 6) is -0.0982. The Morgan fingerprint density at radius 2 is 2.00 bits per heavy atom. The van der Waals surface area contributed by atoms with Crippen LogP contribution in [-0.2, 0) is 6.42 Å². The molecule has 3 heteroatoms. The van der Waals surface area contributed by atoms with Crippen molar-refractivity contribution in [1.82, 2.24) is 4.90 Å². The van der Waals surface area contributed by atoms with E-state index in [2.05, 4.69) is 4.90 Å². The van der Waals surface area contributed by atoms with E-state index in [0.29, 0.717) is 6.54 Å². The molecule has 1 aromatic carbocycles. The van der Waals surface area contributed by atoms with E-state index in [1.165, 1.54) is 6.07 Å². The molecule has 1 aromatic rings. The predicted octanol–water partition coefficient (Wildman–Crippen LogP) is 1.65. The van der Waals surface area contributed by atoms with Gasteiger partial charge in [-0.2, -0.15) is 0 Å². The molecule has 0 aliphatic rings. The number of benzene rings is 1. The fraction of sp³-hybridized carbons (Fsp3) is 0.500. The summed E-state index contributed by atoms with van der Waals surface area (Å²) in [6.45, 7) is 2.54. The second kappa shape index (κ2) is 6.53. The van der Waals surface area contributed by atoms with Crippen molar-refractivity contribution < 1.29 is 4.39 Å². The Kier molecular flexibility index (Phi) is 5.29. The molecule has 0 aliphatic carbocycles. The first kappa shape index (κ1) is 12.1. The first-order chi connectivity index (χ1) is 7.24. The Bertz CT molecular complexity index is 289. The van der Waals surface area contributed by atoms with Gasteiger partial charge in [-0.3, -0.25) is 0 Å². The van der Waals surface area contributed by atoms with Gasteiger partial charge in [0.05, 0.1) is 0 Å². The Hall–Kier alpha value is -0.930. The molecule has 0 spiro atoms. The van der Waals surface area contributed by atoms with Crippen molar-refractivity contribution in [2.45, 2.75) is 12.8 Å². The van der Waals surface area contributed by atoms with Gasteiger partial charge in [-0.05, 0) is 38.1 Å². The van der Waals surface area contributed by atoms with Crippen molar-refractivity contribution in [3.05, 3.63) is 35.6 Å². The zero-order valence-corrected chi connectivity index (χ0v) is 9.25. The topological polar surface area (TPSA) is 29.3 Å². The van der Waals surface area contributed by atoms with E-state index < -0.39 is 0 Å². The van der Waals surface area contributed by atoms with Gasteiger partial charge in [0.15, 0.2) is 0 Å². The maximum Gasteiger partial charge on any atom is 0.126 e. The number of hydrogen-bond donors (Lipinski definition) is 1. The molecule has 0 amide bonds. The van der Waals surface area contributed by atoms with Gasteiger partial charge in [0.25, 0.3) is 0 Å². The van der Waals surface area contributed by atoms with Gasteiger partial charge in [-0.1, -0.05) is 18.2 Å². The molecule has 0 atom stereocenters. The van der Waals surface area contributed by atoms with Crippen molar-refractivity contribution in [1.29, 1.82) is 0 Å². The van der Waals surface area contributed by atoms with Crippen LogP contribution in [-0.4, -0.2) is 31.6 Å². The smallest absolute Gasteiger partial charge is 0.126 e. The first-order valence-corrected chi connectivity index (χ1v) is 5.36. The number of nitrogens with zero attached hydrogens (tertiary/aromatic N) is 1. The highest BCUT2D eigenvalue weighted by Crippen LogP contribution is 2.08. The van der Waals surface area contributed by atoms with Gasteiger partial charge in [0.2, 0.25) is 0 Å². The molecule has 0 bridgehead atoms. The summed E-state index contributed by atoms with van der Waals surface area (Å²) in [5.41, 5.74) is 6.24. The third kappa shape index (κ3) is 4.40. The Labute approximate surface area is 90.9 Å². The summed E-state index contributed by atoms with van der Waals surface area (Å²) in [5, 5.41) is 0. The maximum atomic E-state index is 13.2. The van der Waals surface area contributed by atoms with Crippen LogP contribution in [0.2, 0.25) is 0 Å². The summed E-state index contributed by atoms with van der Waals surface area (Å²) in [7, 11) is 2.04. The summed E-state index contributed by atoms with van der Waals surface area (Å²) in [4.78, 5) is 2.17. The molecule has 15 heavy (non-hydrogen) atoms. The van der Waals surface area contributed by atoms with E-state index in [-0.39, 0.29) is 5.82 Å².